The number of piperidine rings is 1. The molecule has 2 aliphatic heterocycles. The van der Waals surface area contributed by atoms with Crippen molar-refractivity contribution in [1.82, 2.24) is 24.9 Å². The molecule has 0 saturated carbocycles. The molecule has 2 fully saturated rings. The van der Waals surface area contributed by atoms with Gasteiger partial charge in [0.15, 0.2) is 5.82 Å². The van der Waals surface area contributed by atoms with Crippen molar-refractivity contribution in [3.05, 3.63) is 52.9 Å². The minimum absolute atomic E-state index is 0.322. The molecule has 4 aromatic rings. The van der Waals surface area contributed by atoms with E-state index in [4.69, 9.17) is 30.6 Å². The normalized spacial score (nSPS) is 16.4. The number of anilines is 5. The third-order valence-corrected chi connectivity index (χ3v) is 11.7. The highest BCUT2D eigenvalue weighted by Crippen LogP contribution is 2.42. The van der Waals surface area contributed by atoms with Crippen LogP contribution in [-0.2, 0) is 11.0 Å². The van der Waals surface area contributed by atoms with Gasteiger partial charge in [-0.15, -0.1) is 0 Å². The summed E-state index contributed by atoms with van der Waals surface area (Å²) in [5.74, 6) is 2.45. The number of nitrogens with one attached hydrogen (secondary N) is 2. The van der Waals surface area contributed by atoms with Crippen molar-refractivity contribution >= 4 is 52.9 Å². The van der Waals surface area contributed by atoms with E-state index < -0.39 is 7.14 Å². The van der Waals surface area contributed by atoms with Crippen molar-refractivity contribution in [3.63, 3.8) is 0 Å². The van der Waals surface area contributed by atoms with Crippen molar-refractivity contribution in [2.75, 3.05) is 88.9 Å². The van der Waals surface area contributed by atoms with Gasteiger partial charge in [-0.05, 0) is 88.0 Å². The molecule has 0 bridgehead atoms. The fraction of sp³-hybridized carbons (Fsp3) is 0.486. The lowest BCUT2D eigenvalue weighted by molar-refractivity contribution is 0.0982. The van der Waals surface area contributed by atoms with Crippen LogP contribution in [0.5, 0.6) is 11.6 Å². The maximum absolute atomic E-state index is 13.6. The van der Waals surface area contributed by atoms with Crippen LogP contribution >= 0.6 is 18.7 Å². The first-order valence-electron chi connectivity index (χ1n) is 17.7. The molecule has 2 aromatic heterocycles. The molecule has 14 heteroatoms. The number of halogens is 1. The van der Waals surface area contributed by atoms with Crippen LogP contribution in [0.2, 0.25) is 5.02 Å². The maximum atomic E-state index is 13.6. The first-order valence-corrected chi connectivity index (χ1v) is 20.7. The molecule has 4 heterocycles. The first kappa shape index (κ1) is 36.9. The number of benzene rings is 2. The van der Waals surface area contributed by atoms with E-state index in [2.05, 4.69) is 61.6 Å². The monoisotopic (exact) mass is 736 g/mol. The molecule has 0 radical (unpaired) electrons. The van der Waals surface area contributed by atoms with Gasteiger partial charge in [0.25, 0.3) is 5.88 Å². The van der Waals surface area contributed by atoms with E-state index in [0.29, 0.717) is 57.8 Å². The van der Waals surface area contributed by atoms with Gasteiger partial charge in [-0.1, -0.05) is 24.6 Å². The van der Waals surface area contributed by atoms with Gasteiger partial charge < -0.3 is 39.0 Å². The van der Waals surface area contributed by atoms with Crippen LogP contribution in [0.25, 0.3) is 11.1 Å². The lowest BCUT2D eigenvalue weighted by Crippen LogP contribution is -2.52. The van der Waals surface area contributed by atoms with E-state index in [1.165, 1.54) is 11.3 Å². The van der Waals surface area contributed by atoms with Gasteiger partial charge in [0.05, 0.1) is 36.9 Å². The predicted molar refractivity (Wildman–Crippen MR) is 207 cm³/mol. The summed E-state index contributed by atoms with van der Waals surface area (Å²) < 4.78 is 30.6. The Morgan fingerprint density at radius 3 is 2.43 bits per heavy atom. The standard InChI is InChI=1S/C37H50ClN8O4P/c1-8-25-20-30(32(48-5)22-31(25)46-14-12-27(13-15-46)45-18-16-44(4)17-19-45)41-37-39-23-28(38)35(42-37)40-29-11-10-26(21-33(29)51(6,7)47)34-24(3)50-43-36(34)49-9-2/h10-11,20-23,27H,8-9,12-19H2,1-7H3,(H2,39,40,41,42). The average Bonchev–Trinajstić information content (AvgIpc) is 3.49. The second-order valence-corrected chi connectivity index (χ2v) is 17.3. The highest BCUT2D eigenvalue weighted by atomic mass is 35.5. The number of piperazine rings is 1. The molecule has 274 valence electrons. The molecule has 0 atom stereocenters. The SMILES string of the molecule is CCOc1noc(C)c1-c1ccc(Nc2nc(Nc3cc(CC)c(N4CCC(N5CCN(C)CC5)CC4)cc3OC)ncc2Cl)c(P(C)(C)=O)c1. The summed E-state index contributed by atoms with van der Waals surface area (Å²) in [5, 5.41) is 11.7. The van der Waals surface area contributed by atoms with Gasteiger partial charge in [0, 0.05) is 62.4 Å². The summed E-state index contributed by atoms with van der Waals surface area (Å²) in [6.07, 6.45) is 4.74. The lowest BCUT2D eigenvalue weighted by Gasteiger charge is -2.43. The fourth-order valence-corrected chi connectivity index (χ4v) is 8.33. The number of methoxy groups -OCH3 is 1. The van der Waals surface area contributed by atoms with Crippen molar-refractivity contribution in [2.24, 2.45) is 0 Å². The van der Waals surface area contributed by atoms with Crippen LogP contribution in [-0.4, -0.2) is 104 Å². The molecule has 0 amide bonds. The number of hydrogen-bond acceptors (Lipinski definition) is 12. The third-order valence-electron chi connectivity index (χ3n) is 9.86. The summed E-state index contributed by atoms with van der Waals surface area (Å²) in [7, 11) is 1.11. The van der Waals surface area contributed by atoms with Gasteiger partial charge in [-0.2, -0.15) is 4.98 Å². The van der Waals surface area contributed by atoms with Crippen LogP contribution < -0.4 is 30.3 Å². The zero-order chi connectivity index (χ0) is 36.3. The smallest absolute Gasteiger partial charge is 0.262 e. The van der Waals surface area contributed by atoms with Crippen molar-refractivity contribution in [1.29, 1.82) is 0 Å². The number of ether oxygens (including phenoxy) is 2. The van der Waals surface area contributed by atoms with Gasteiger partial charge in [0.2, 0.25) is 5.95 Å². The molecule has 2 N–H and O–H groups in total. The van der Waals surface area contributed by atoms with Crippen molar-refractivity contribution < 1.29 is 18.6 Å². The van der Waals surface area contributed by atoms with E-state index in [0.717, 1.165) is 75.3 Å². The number of aromatic nitrogens is 3. The van der Waals surface area contributed by atoms with E-state index in [9.17, 15) is 4.57 Å². The largest absolute Gasteiger partial charge is 0.494 e. The molecular formula is C37H50ClN8O4P. The Balaban J connectivity index is 1.22. The van der Waals surface area contributed by atoms with Gasteiger partial charge >= 0.3 is 0 Å². The summed E-state index contributed by atoms with van der Waals surface area (Å²) in [6.45, 7) is 16.4. The summed E-state index contributed by atoms with van der Waals surface area (Å²) in [5.41, 5.74) is 5.35. The summed E-state index contributed by atoms with van der Waals surface area (Å²) in [4.78, 5) is 16.8. The molecule has 0 spiro atoms. The van der Waals surface area contributed by atoms with Gasteiger partial charge in [-0.25, -0.2) is 4.98 Å². The molecule has 0 unspecified atom stereocenters. The van der Waals surface area contributed by atoms with Crippen LogP contribution in [0.4, 0.5) is 28.8 Å². The molecule has 2 aliphatic rings. The number of nitrogens with zero attached hydrogens (tertiary/aromatic N) is 6. The lowest BCUT2D eigenvalue weighted by atomic mass is 9.99. The van der Waals surface area contributed by atoms with E-state index in [1.807, 2.05) is 32.0 Å². The quantitative estimate of drug-likeness (QED) is 0.146. The van der Waals surface area contributed by atoms with Crippen LogP contribution in [0.15, 0.2) is 41.1 Å². The molecule has 51 heavy (non-hydrogen) atoms. The zero-order valence-electron chi connectivity index (χ0n) is 30.8. The number of rotatable bonds is 12. The Labute approximate surface area is 306 Å². The van der Waals surface area contributed by atoms with Crippen LogP contribution in [0.1, 0.15) is 38.0 Å². The third kappa shape index (κ3) is 8.30. The Morgan fingerprint density at radius 1 is 1.02 bits per heavy atom. The summed E-state index contributed by atoms with van der Waals surface area (Å²) >= 11 is 6.63. The summed E-state index contributed by atoms with van der Waals surface area (Å²) in [6, 6.07) is 10.6. The average molecular weight is 737 g/mol. The van der Waals surface area contributed by atoms with E-state index >= 15 is 0 Å². The Hall–Kier alpha value is -3.83. The highest BCUT2D eigenvalue weighted by molar-refractivity contribution is 7.70. The van der Waals surface area contributed by atoms with E-state index in [-0.39, 0.29) is 0 Å². The Morgan fingerprint density at radius 2 is 1.76 bits per heavy atom. The van der Waals surface area contributed by atoms with E-state index in [1.54, 1.807) is 26.6 Å². The Bertz CT molecular complexity index is 1880. The second-order valence-electron chi connectivity index (χ2n) is 13.7. The first-order chi connectivity index (χ1) is 24.5. The Kier molecular flexibility index (Phi) is 11.5. The molecule has 2 aromatic carbocycles. The molecule has 12 nitrogen and oxygen atoms in total. The maximum Gasteiger partial charge on any atom is 0.262 e. The van der Waals surface area contributed by atoms with Crippen LogP contribution in [0, 0.1) is 6.92 Å². The number of aryl methyl sites for hydroxylation is 2. The van der Waals surface area contributed by atoms with Crippen molar-refractivity contribution in [3.8, 4) is 22.8 Å². The minimum Gasteiger partial charge on any atom is -0.494 e. The van der Waals surface area contributed by atoms with Gasteiger partial charge in [0.1, 0.15) is 23.7 Å². The zero-order valence-corrected chi connectivity index (χ0v) is 32.4. The van der Waals surface area contributed by atoms with Crippen molar-refractivity contribution in [2.45, 2.75) is 46.1 Å². The molecule has 2 saturated heterocycles. The molecule has 0 aliphatic carbocycles. The highest BCUT2D eigenvalue weighted by Gasteiger charge is 2.28. The predicted octanol–water partition coefficient (Wildman–Crippen LogP) is 7.01. The van der Waals surface area contributed by atoms with Gasteiger partial charge in [-0.3, -0.25) is 4.90 Å². The topological polar surface area (TPSA) is 121 Å². The van der Waals surface area contributed by atoms with Crippen LogP contribution in [0.3, 0.4) is 0 Å². The fourth-order valence-electron chi connectivity index (χ4n) is 7.03. The minimum atomic E-state index is -2.78. The second kappa shape index (κ2) is 15.8. The number of hydrogen-bond donors (Lipinski definition) is 2. The molecular weight excluding hydrogens is 687 g/mol. The molecule has 6 rings (SSSR count). The number of likely N-dealkylation sites (N-methyl/N-ethyl adjacent to an activating group) is 1.